The molecule has 0 aliphatic rings. The first-order valence-electron chi connectivity index (χ1n) is 7.35. The third kappa shape index (κ3) is 4.64. The van der Waals surface area contributed by atoms with Crippen molar-refractivity contribution in [2.24, 2.45) is 0 Å². The van der Waals surface area contributed by atoms with Gasteiger partial charge < -0.3 is 9.64 Å². The van der Waals surface area contributed by atoms with Crippen LogP contribution in [0.1, 0.15) is 51.3 Å². The Morgan fingerprint density at radius 2 is 2.00 bits per heavy atom. The quantitative estimate of drug-likeness (QED) is 0.673. The largest absolute Gasteiger partial charge is 0.383 e. The van der Waals surface area contributed by atoms with Crippen LogP contribution in [0.3, 0.4) is 0 Å². The summed E-state index contributed by atoms with van der Waals surface area (Å²) in [5.74, 6) is 1.93. The second-order valence-corrected chi connectivity index (χ2v) is 5.76. The molecule has 1 unspecified atom stereocenters. The number of nitrogens with zero attached hydrogens (tertiary/aromatic N) is 2. The van der Waals surface area contributed by atoms with Crippen LogP contribution < -0.4 is 4.90 Å². The maximum atomic E-state index is 6.03. The van der Waals surface area contributed by atoms with Crippen molar-refractivity contribution in [1.29, 1.82) is 0 Å². The Kier molecular flexibility index (Phi) is 7.31. The van der Waals surface area contributed by atoms with Crippen molar-refractivity contribution < 1.29 is 4.74 Å². The minimum Gasteiger partial charge on any atom is -0.383 e. The Hall–Kier alpha value is -0.800. The van der Waals surface area contributed by atoms with E-state index >= 15 is 0 Å². The maximum Gasteiger partial charge on any atom is 0.129 e. The van der Waals surface area contributed by atoms with Gasteiger partial charge in [-0.05, 0) is 37.0 Å². The van der Waals surface area contributed by atoms with Crippen molar-refractivity contribution in [3.05, 3.63) is 23.4 Å². The van der Waals surface area contributed by atoms with Crippen LogP contribution in [0.15, 0.2) is 12.1 Å². The first kappa shape index (κ1) is 17.3. The molecule has 3 nitrogen and oxygen atoms in total. The van der Waals surface area contributed by atoms with E-state index in [9.17, 15) is 0 Å². The van der Waals surface area contributed by atoms with Crippen LogP contribution in [-0.4, -0.2) is 31.3 Å². The third-order valence-electron chi connectivity index (χ3n) is 3.59. The van der Waals surface area contributed by atoms with Crippen molar-refractivity contribution in [3.8, 4) is 0 Å². The second-order valence-electron chi connectivity index (χ2n) is 5.49. The molecule has 0 fully saturated rings. The van der Waals surface area contributed by atoms with Crippen LogP contribution in [0, 0.1) is 0 Å². The Morgan fingerprint density at radius 3 is 2.50 bits per heavy atom. The van der Waals surface area contributed by atoms with Gasteiger partial charge in [0, 0.05) is 31.3 Å². The summed E-state index contributed by atoms with van der Waals surface area (Å²) >= 11 is 6.03. The molecule has 0 aliphatic carbocycles. The molecule has 4 heteroatoms. The lowest BCUT2D eigenvalue weighted by Gasteiger charge is -2.30. The standard InChI is InChI=1S/C16H27ClN2O/c1-6-13(4)19(7-8-20-5)16-10-14(11-17)9-15(18-16)12(2)3/h9-10,12-13H,6-8,11H2,1-5H3. The molecule has 114 valence electrons. The van der Waals surface area contributed by atoms with E-state index in [0.29, 0.717) is 24.4 Å². The minimum atomic E-state index is 0.401. The Morgan fingerprint density at radius 1 is 1.30 bits per heavy atom. The summed E-state index contributed by atoms with van der Waals surface area (Å²) in [7, 11) is 1.73. The van der Waals surface area contributed by atoms with Gasteiger partial charge in [-0.1, -0.05) is 20.8 Å². The van der Waals surface area contributed by atoms with Crippen LogP contribution in [0.2, 0.25) is 0 Å². The fraction of sp³-hybridized carbons (Fsp3) is 0.688. The van der Waals surface area contributed by atoms with Gasteiger partial charge in [0.15, 0.2) is 0 Å². The summed E-state index contributed by atoms with van der Waals surface area (Å²) < 4.78 is 5.23. The molecule has 0 radical (unpaired) electrons. The highest BCUT2D eigenvalue weighted by molar-refractivity contribution is 6.17. The number of alkyl halides is 1. The van der Waals surface area contributed by atoms with Gasteiger partial charge in [-0.15, -0.1) is 11.6 Å². The lowest BCUT2D eigenvalue weighted by Crippen LogP contribution is -2.36. The van der Waals surface area contributed by atoms with Crippen molar-refractivity contribution in [3.63, 3.8) is 0 Å². The molecule has 0 saturated heterocycles. The summed E-state index contributed by atoms with van der Waals surface area (Å²) in [5.41, 5.74) is 2.23. The molecule has 0 aliphatic heterocycles. The second kappa shape index (κ2) is 8.48. The van der Waals surface area contributed by atoms with E-state index < -0.39 is 0 Å². The zero-order valence-electron chi connectivity index (χ0n) is 13.3. The summed E-state index contributed by atoms with van der Waals surface area (Å²) in [6, 6.07) is 4.63. The monoisotopic (exact) mass is 298 g/mol. The lowest BCUT2D eigenvalue weighted by molar-refractivity contribution is 0.203. The van der Waals surface area contributed by atoms with Gasteiger partial charge in [0.05, 0.1) is 6.61 Å². The number of aromatic nitrogens is 1. The predicted octanol–water partition coefficient (Wildman–Crippen LogP) is 4.20. The molecule has 0 bridgehead atoms. The van der Waals surface area contributed by atoms with Gasteiger partial charge in [0.2, 0.25) is 0 Å². The van der Waals surface area contributed by atoms with Gasteiger partial charge in [0.25, 0.3) is 0 Å². The number of hydrogen-bond donors (Lipinski definition) is 0. The van der Waals surface area contributed by atoms with Crippen molar-refractivity contribution in [1.82, 2.24) is 4.98 Å². The zero-order chi connectivity index (χ0) is 15.1. The van der Waals surface area contributed by atoms with Gasteiger partial charge in [-0.25, -0.2) is 4.98 Å². The van der Waals surface area contributed by atoms with Gasteiger partial charge in [-0.3, -0.25) is 0 Å². The van der Waals surface area contributed by atoms with Gasteiger partial charge >= 0.3 is 0 Å². The molecule has 20 heavy (non-hydrogen) atoms. The molecule has 1 rings (SSSR count). The third-order valence-corrected chi connectivity index (χ3v) is 3.90. The first-order valence-corrected chi connectivity index (χ1v) is 7.89. The predicted molar refractivity (Wildman–Crippen MR) is 86.9 cm³/mol. The SMILES string of the molecule is CCC(C)N(CCOC)c1cc(CCl)cc(C(C)C)n1. The van der Waals surface area contributed by atoms with Crippen LogP contribution in [-0.2, 0) is 10.6 Å². The number of anilines is 1. The lowest BCUT2D eigenvalue weighted by atomic mass is 10.1. The van der Waals surface area contributed by atoms with E-state index in [1.165, 1.54) is 0 Å². The van der Waals surface area contributed by atoms with E-state index in [1.54, 1.807) is 7.11 Å². The van der Waals surface area contributed by atoms with E-state index in [1.807, 2.05) is 0 Å². The van der Waals surface area contributed by atoms with Gasteiger partial charge in [0.1, 0.15) is 5.82 Å². The summed E-state index contributed by atoms with van der Waals surface area (Å²) in [6.45, 7) is 10.3. The Labute approximate surface area is 128 Å². The van der Waals surface area contributed by atoms with Crippen LogP contribution in [0.5, 0.6) is 0 Å². The maximum absolute atomic E-state index is 6.03. The highest BCUT2D eigenvalue weighted by atomic mass is 35.5. The van der Waals surface area contributed by atoms with Crippen molar-refractivity contribution in [2.75, 3.05) is 25.2 Å². The molecular weight excluding hydrogens is 272 g/mol. The van der Waals surface area contributed by atoms with Crippen molar-refractivity contribution >= 4 is 17.4 Å². The average molecular weight is 299 g/mol. The van der Waals surface area contributed by atoms with Gasteiger partial charge in [-0.2, -0.15) is 0 Å². The Balaban J connectivity index is 3.13. The fourth-order valence-corrected chi connectivity index (χ4v) is 2.24. The molecule has 0 amide bonds. The highest BCUT2D eigenvalue weighted by Gasteiger charge is 2.16. The molecule has 0 saturated carbocycles. The van der Waals surface area contributed by atoms with E-state index in [4.69, 9.17) is 21.3 Å². The van der Waals surface area contributed by atoms with E-state index in [0.717, 1.165) is 30.0 Å². The molecule has 1 aromatic rings. The summed E-state index contributed by atoms with van der Waals surface area (Å²) in [5, 5.41) is 0. The number of pyridine rings is 1. The Bertz CT molecular complexity index is 409. The van der Waals surface area contributed by atoms with Crippen LogP contribution in [0.4, 0.5) is 5.82 Å². The molecule has 0 N–H and O–H groups in total. The number of rotatable bonds is 8. The highest BCUT2D eigenvalue weighted by Crippen LogP contribution is 2.23. The van der Waals surface area contributed by atoms with Crippen LogP contribution >= 0.6 is 11.6 Å². The van der Waals surface area contributed by atoms with E-state index in [2.05, 4.69) is 44.7 Å². The smallest absolute Gasteiger partial charge is 0.129 e. The zero-order valence-corrected chi connectivity index (χ0v) is 14.1. The molecular formula is C16H27ClN2O. The average Bonchev–Trinajstić information content (AvgIpc) is 2.46. The number of hydrogen-bond acceptors (Lipinski definition) is 3. The molecule has 0 spiro atoms. The topological polar surface area (TPSA) is 25.4 Å². The normalized spacial score (nSPS) is 12.8. The molecule has 1 heterocycles. The molecule has 1 aromatic heterocycles. The van der Waals surface area contributed by atoms with Crippen LogP contribution in [0.25, 0.3) is 0 Å². The molecule has 0 aromatic carbocycles. The van der Waals surface area contributed by atoms with Crippen molar-refractivity contribution in [2.45, 2.75) is 52.0 Å². The summed E-state index contributed by atoms with van der Waals surface area (Å²) in [4.78, 5) is 7.13. The fourth-order valence-electron chi connectivity index (χ4n) is 2.09. The first-order chi connectivity index (χ1) is 9.53. The number of ether oxygens (including phenoxy) is 1. The minimum absolute atomic E-state index is 0.401. The van der Waals surface area contributed by atoms with E-state index in [-0.39, 0.29) is 0 Å². The number of halogens is 1. The number of methoxy groups -OCH3 is 1. The summed E-state index contributed by atoms with van der Waals surface area (Å²) in [6.07, 6.45) is 1.08. The molecule has 1 atom stereocenters.